The molecule has 0 saturated carbocycles. The lowest BCUT2D eigenvalue weighted by atomic mass is 10.0. The molecule has 8 heteroatoms. The van der Waals surface area contributed by atoms with Crippen LogP contribution in [0.15, 0.2) is 36.4 Å². The first-order valence-electron chi connectivity index (χ1n) is 9.39. The molecule has 0 bridgehead atoms. The highest BCUT2D eigenvalue weighted by atomic mass is 16.5. The van der Waals surface area contributed by atoms with Gasteiger partial charge < -0.3 is 25.2 Å². The quantitative estimate of drug-likeness (QED) is 0.268. The van der Waals surface area contributed by atoms with E-state index in [9.17, 15) is 25.2 Å². The Bertz CT molecular complexity index is 1150. The molecular formula is C23H22N2O6. The highest BCUT2D eigenvalue weighted by molar-refractivity contribution is 6.20. The van der Waals surface area contributed by atoms with Crippen LogP contribution < -0.4 is 4.74 Å². The van der Waals surface area contributed by atoms with Gasteiger partial charge in [0, 0.05) is 0 Å². The number of benzene rings is 2. The number of aromatic hydroxyl groups is 3. The number of aryl methyl sites for hydroxylation is 3. The van der Waals surface area contributed by atoms with Crippen LogP contribution in [0, 0.1) is 20.8 Å². The average Bonchev–Trinajstić information content (AvgIpc) is 2.72. The first-order valence-corrected chi connectivity index (χ1v) is 9.39. The molecule has 8 nitrogen and oxygen atoms in total. The zero-order valence-corrected chi connectivity index (χ0v) is 17.2. The van der Waals surface area contributed by atoms with E-state index in [1.807, 2.05) is 20.8 Å². The van der Waals surface area contributed by atoms with E-state index in [0.29, 0.717) is 11.3 Å². The third-order valence-corrected chi connectivity index (χ3v) is 4.76. The van der Waals surface area contributed by atoms with E-state index in [0.717, 1.165) is 34.9 Å². The maximum Gasteiger partial charge on any atom is 0.336 e. The molecule has 0 aliphatic heterocycles. The summed E-state index contributed by atoms with van der Waals surface area (Å²) >= 11 is 0. The summed E-state index contributed by atoms with van der Waals surface area (Å²) in [6.45, 7) is 5.92. The molecule has 0 aliphatic carbocycles. The summed E-state index contributed by atoms with van der Waals surface area (Å²) in [6, 6.07) is 8.88. The van der Waals surface area contributed by atoms with Crippen LogP contribution in [0.3, 0.4) is 0 Å². The summed E-state index contributed by atoms with van der Waals surface area (Å²) in [5, 5.41) is 38.3. The molecule has 31 heavy (non-hydrogen) atoms. The topological polar surface area (TPSA) is 133 Å². The van der Waals surface area contributed by atoms with Crippen LogP contribution >= 0.6 is 0 Å². The predicted molar refractivity (Wildman–Crippen MR) is 114 cm³/mol. The van der Waals surface area contributed by atoms with Crippen molar-refractivity contribution in [2.45, 2.75) is 27.4 Å². The summed E-state index contributed by atoms with van der Waals surface area (Å²) in [6.07, 6.45) is 1.39. The molecular weight excluding hydrogens is 400 g/mol. The lowest BCUT2D eigenvalue weighted by Gasteiger charge is -2.10. The van der Waals surface area contributed by atoms with Crippen molar-refractivity contribution in [2.24, 2.45) is 0 Å². The summed E-state index contributed by atoms with van der Waals surface area (Å²) < 4.78 is 5.77. The van der Waals surface area contributed by atoms with Gasteiger partial charge >= 0.3 is 5.97 Å². The van der Waals surface area contributed by atoms with Crippen molar-refractivity contribution in [3.05, 3.63) is 70.3 Å². The number of aromatic nitrogens is 2. The summed E-state index contributed by atoms with van der Waals surface area (Å²) in [5.74, 6) is -2.62. The average molecular weight is 422 g/mol. The monoisotopic (exact) mass is 422 g/mol. The number of phenolic OH excluding ortho intramolecular Hbond substituents is 3. The van der Waals surface area contributed by atoms with Gasteiger partial charge in [-0.05, 0) is 62.2 Å². The Morgan fingerprint density at radius 1 is 0.935 bits per heavy atom. The first-order chi connectivity index (χ1) is 14.7. The van der Waals surface area contributed by atoms with Crippen molar-refractivity contribution >= 4 is 17.6 Å². The van der Waals surface area contributed by atoms with Gasteiger partial charge in [-0.3, -0.25) is 9.97 Å². The lowest BCUT2D eigenvalue weighted by molar-refractivity contribution is -0.130. The molecule has 160 valence electrons. The van der Waals surface area contributed by atoms with Gasteiger partial charge in [0.2, 0.25) is 0 Å². The molecule has 0 atom stereocenters. The third-order valence-electron chi connectivity index (χ3n) is 4.76. The molecule has 1 heterocycles. The van der Waals surface area contributed by atoms with Crippen LogP contribution in [-0.4, -0.2) is 36.4 Å². The Morgan fingerprint density at radius 2 is 1.52 bits per heavy atom. The Kier molecular flexibility index (Phi) is 6.10. The molecule has 2 aromatic carbocycles. The summed E-state index contributed by atoms with van der Waals surface area (Å²) in [7, 11) is 0. The number of carboxylic acids is 1. The maximum absolute atomic E-state index is 11.7. The number of ether oxygens (including phenoxy) is 1. The fourth-order valence-electron chi connectivity index (χ4n) is 2.90. The molecule has 4 N–H and O–H groups in total. The minimum Gasteiger partial charge on any atom is -0.504 e. The second-order valence-electron chi connectivity index (χ2n) is 7.01. The van der Waals surface area contributed by atoms with Crippen molar-refractivity contribution in [2.75, 3.05) is 0 Å². The molecule has 3 aromatic rings. The Labute approximate surface area is 178 Å². The smallest absolute Gasteiger partial charge is 0.336 e. The molecule has 0 amide bonds. The molecule has 1 aromatic heterocycles. The van der Waals surface area contributed by atoms with Crippen molar-refractivity contribution in [3.63, 3.8) is 0 Å². The number of phenols is 3. The molecule has 0 fully saturated rings. The number of nitrogens with zero attached hydrogens (tertiary/aromatic N) is 2. The van der Waals surface area contributed by atoms with Crippen molar-refractivity contribution in [1.29, 1.82) is 0 Å². The number of rotatable bonds is 6. The summed E-state index contributed by atoms with van der Waals surface area (Å²) in [5.41, 5.74) is 3.71. The first kappa shape index (κ1) is 21.6. The van der Waals surface area contributed by atoms with Crippen LogP contribution in [0.4, 0.5) is 0 Å². The van der Waals surface area contributed by atoms with Gasteiger partial charge in [-0.25, -0.2) is 4.79 Å². The van der Waals surface area contributed by atoms with E-state index in [-0.39, 0.29) is 17.7 Å². The van der Waals surface area contributed by atoms with Gasteiger partial charge in [-0.2, -0.15) is 0 Å². The molecule has 0 aliphatic rings. The number of aliphatic carboxylic acids is 1. The lowest BCUT2D eigenvalue weighted by Crippen LogP contribution is -2.06. The SMILES string of the molecule is Cc1nc(C)c(COc2ccc(/C=C(/C(=O)O)c3cc(O)c(O)c(O)c3)cc2)nc1C. The molecule has 0 saturated heterocycles. The van der Waals surface area contributed by atoms with Crippen LogP contribution in [0.2, 0.25) is 0 Å². The second kappa shape index (κ2) is 8.74. The van der Waals surface area contributed by atoms with E-state index in [1.54, 1.807) is 24.3 Å². The van der Waals surface area contributed by atoms with Crippen LogP contribution in [0.1, 0.15) is 33.9 Å². The fourth-order valence-corrected chi connectivity index (χ4v) is 2.90. The standard InChI is InChI=1S/C23H22N2O6/c1-12-13(2)25-19(14(3)24-12)11-31-17-6-4-15(5-7-17)8-18(23(29)30)16-9-20(26)22(28)21(27)10-16/h4-10,26-28H,11H2,1-3H3,(H,29,30)/b18-8+. The molecule has 0 spiro atoms. The van der Waals surface area contributed by atoms with E-state index < -0.39 is 23.2 Å². The molecule has 0 unspecified atom stereocenters. The van der Waals surface area contributed by atoms with Crippen LogP contribution in [0.5, 0.6) is 23.0 Å². The minimum absolute atomic E-state index is 0.0458. The normalized spacial score (nSPS) is 11.4. The Morgan fingerprint density at radius 3 is 2.10 bits per heavy atom. The van der Waals surface area contributed by atoms with Crippen LogP contribution in [0.25, 0.3) is 11.6 Å². The third kappa shape index (κ3) is 4.92. The van der Waals surface area contributed by atoms with Gasteiger partial charge in [0.25, 0.3) is 0 Å². The van der Waals surface area contributed by atoms with E-state index in [4.69, 9.17) is 4.74 Å². The van der Waals surface area contributed by atoms with Gasteiger partial charge in [0.15, 0.2) is 17.2 Å². The number of carbonyl (C=O) groups is 1. The Hall–Kier alpha value is -4.07. The van der Waals surface area contributed by atoms with Crippen molar-refractivity contribution in [3.8, 4) is 23.0 Å². The zero-order valence-electron chi connectivity index (χ0n) is 17.2. The van der Waals surface area contributed by atoms with Gasteiger partial charge in [-0.1, -0.05) is 12.1 Å². The van der Waals surface area contributed by atoms with E-state index in [1.165, 1.54) is 6.08 Å². The highest BCUT2D eigenvalue weighted by Gasteiger charge is 2.16. The number of hydrogen-bond donors (Lipinski definition) is 4. The minimum atomic E-state index is -1.26. The van der Waals surface area contributed by atoms with Gasteiger partial charge in [-0.15, -0.1) is 0 Å². The predicted octanol–water partition coefficient (Wildman–Crippen LogP) is 3.72. The van der Waals surface area contributed by atoms with E-state index in [2.05, 4.69) is 9.97 Å². The molecule has 0 radical (unpaired) electrons. The van der Waals surface area contributed by atoms with Crippen molar-refractivity contribution in [1.82, 2.24) is 9.97 Å². The number of hydrogen-bond acceptors (Lipinski definition) is 7. The highest BCUT2D eigenvalue weighted by Crippen LogP contribution is 2.37. The zero-order chi connectivity index (χ0) is 22.7. The van der Waals surface area contributed by atoms with Gasteiger partial charge in [0.05, 0.1) is 28.3 Å². The second-order valence-corrected chi connectivity index (χ2v) is 7.01. The maximum atomic E-state index is 11.7. The van der Waals surface area contributed by atoms with Crippen LogP contribution in [-0.2, 0) is 11.4 Å². The number of carboxylic acid groups (broad SMARTS) is 1. The Balaban J connectivity index is 1.80. The van der Waals surface area contributed by atoms with Gasteiger partial charge in [0.1, 0.15) is 12.4 Å². The fraction of sp³-hybridized carbons (Fsp3) is 0.174. The molecule has 3 rings (SSSR count). The van der Waals surface area contributed by atoms with Crippen molar-refractivity contribution < 1.29 is 30.0 Å². The summed E-state index contributed by atoms with van der Waals surface area (Å²) in [4.78, 5) is 20.6. The van der Waals surface area contributed by atoms with E-state index >= 15 is 0 Å². The largest absolute Gasteiger partial charge is 0.504 e.